The summed E-state index contributed by atoms with van der Waals surface area (Å²) in [5.41, 5.74) is 8.01. The van der Waals surface area contributed by atoms with Crippen LogP contribution in [0.5, 0.6) is 0 Å². The smallest absolute Gasteiger partial charge is 0.101 e. The first-order chi connectivity index (χ1) is 7.81. The van der Waals surface area contributed by atoms with E-state index in [1.54, 1.807) is 0 Å². The van der Waals surface area contributed by atoms with E-state index in [4.69, 9.17) is 11.0 Å². The molecule has 1 aromatic rings. The normalized spacial score (nSPS) is 16.6. The van der Waals surface area contributed by atoms with Crippen LogP contribution in [0, 0.1) is 11.3 Å². The monoisotopic (exact) mass is 215 g/mol. The van der Waals surface area contributed by atoms with E-state index in [1.807, 2.05) is 18.2 Å². The molecule has 2 N–H and O–H groups in total. The van der Waals surface area contributed by atoms with Crippen molar-refractivity contribution in [3.05, 3.63) is 23.8 Å². The lowest BCUT2D eigenvalue weighted by Gasteiger charge is -2.22. The van der Waals surface area contributed by atoms with Crippen molar-refractivity contribution in [2.75, 3.05) is 23.7 Å². The zero-order valence-corrected chi connectivity index (χ0v) is 9.45. The topological polar surface area (TPSA) is 53.0 Å². The largest absolute Gasteiger partial charge is 0.398 e. The molecule has 1 aromatic carbocycles. The van der Waals surface area contributed by atoms with Crippen LogP contribution in [0.2, 0.25) is 0 Å². The number of nitrogens with zero attached hydrogens (tertiary/aromatic N) is 2. The number of nitriles is 1. The van der Waals surface area contributed by atoms with Gasteiger partial charge in [0.15, 0.2) is 0 Å². The highest BCUT2D eigenvalue weighted by molar-refractivity contribution is 5.62. The zero-order chi connectivity index (χ0) is 11.4. The molecule has 1 aliphatic rings. The molecule has 0 spiro atoms. The van der Waals surface area contributed by atoms with Crippen LogP contribution in [0.25, 0.3) is 0 Å². The van der Waals surface area contributed by atoms with Crippen LogP contribution < -0.4 is 10.6 Å². The first-order valence-corrected chi connectivity index (χ1v) is 5.86. The van der Waals surface area contributed by atoms with Crippen molar-refractivity contribution >= 4 is 11.4 Å². The van der Waals surface area contributed by atoms with Crippen LogP contribution >= 0.6 is 0 Å². The van der Waals surface area contributed by atoms with Gasteiger partial charge in [-0.3, -0.25) is 0 Å². The fourth-order valence-corrected chi connectivity index (χ4v) is 2.17. The number of rotatable bonds is 1. The average molecular weight is 215 g/mol. The molecule has 2 rings (SSSR count). The maximum Gasteiger partial charge on any atom is 0.101 e. The maximum absolute atomic E-state index is 8.95. The first kappa shape index (κ1) is 10.8. The summed E-state index contributed by atoms with van der Waals surface area (Å²) in [7, 11) is 0. The maximum atomic E-state index is 8.95. The van der Waals surface area contributed by atoms with Crippen molar-refractivity contribution in [3.63, 3.8) is 0 Å². The van der Waals surface area contributed by atoms with Crippen molar-refractivity contribution in [2.45, 2.75) is 25.7 Å². The summed E-state index contributed by atoms with van der Waals surface area (Å²) in [6.45, 7) is 2.18. The van der Waals surface area contributed by atoms with E-state index in [1.165, 1.54) is 25.7 Å². The van der Waals surface area contributed by atoms with Crippen molar-refractivity contribution in [2.24, 2.45) is 0 Å². The Morgan fingerprint density at radius 3 is 2.44 bits per heavy atom. The van der Waals surface area contributed by atoms with Gasteiger partial charge in [-0.25, -0.2) is 0 Å². The second-order valence-electron chi connectivity index (χ2n) is 4.28. The highest BCUT2D eigenvalue weighted by atomic mass is 15.1. The van der Waals surface area contributed by atoms with Gasteiger partial charge in [-0.2, -0.15) is 5.26 Å². The second kappa shape index (κ2) is 4.89. The third-order valence-corrected chi connectivity index (χ3v) is 3.13. The molecule has 0 atom stereocenters. The molecule has 16 heavy (non-hydrogen) atoms. The van der Waals surface area contributed by atoms with E-state index in [0.717, 1.165) is 18.8 Å². The first-order valence-electron chi connectivity index (χ1n) is 5.86. The van der Waals surface area contributed by atoms with E-state index in [-0.39, 0.29) is 0 Å². The number of hydrogen-bond donors (Lipinski definition) is 1. The van der Waals surface area contributed by atoms with E-state index in [2.05, 4.69) is 11.0 Å². The lowest BCUT2D eigenvalue weighted by atomic mass is 10.1. The third kappa shape index (κ3) is 2.27. The molecule has 3 heteroatoms. The van der Waals surface area contributed by atoms with Gasteiger partial charge in [0.2, 0.25) is 0 Å². The Hall–Kier alpha value is -1.69. The summed E-state index contributed by atoms with van der Waals surface area (Å²) in [6, 6.07) is 7.89. The predicted molar refractivity (Wildman–Crippen MR) is 66.3 cm³/mol. The number of nitrogens with two attached hydrogens (primary N) is 1. The quantitative estimate of drug-likeness (QED) is 0.732. The molecule has 1 saturated heterocycles. The Kier molecular flexibility index (Phi) is 3.31. The Balaban J connectivity index is 2.22. The van der Waals surface area contributed by atoms with Crippen molar-refractivity contribution < 1.29 is 0 Å². The molecular formula is C13H17N3. The van der Waals surface area contributed by atoms with E-state index < -0.39 is 0 Å². The van der Waals surface area contributed by atoms with E-state index in [0.29, 0.717) is 11.3 Å². The van der Waals surface area contributed by atoms with Gasteiger partial charge < -0.3 is 10.6 Å². The summed E-state index contributed by atoms with van der Waals surface area (Å²) >= 11 is 0. The van der Waals surface area contributed by atoms with Gasteiger partial charge in [-0.1, -0.05) is 12.8 Å². The fraction of sp³-hybridized carbons (Fsp3) is 0.462. The molecule has 0 aromatic heterocycles. The van der Waals surface area contributed by atoms with Crippen LogP contribution in [0.15, 0.2) is 18.2 Å². The molecule has 0 unspecified atom stereocenters. The van der Waals surface area contributed by atoms with Gasteiger partial charge >= 0.3 is 0 Å². The van der Waals surface area contributed by atoms with Crippen molar-refractivity contribution in [1.82, 2.24) is 0 Å². The van der Waals surface area contributed by atoms with E-state index >= 15 is 0 Å². The number of nitrogen functional groups attached to an aromatic ring is 1. The van der Waals surface area contributed by atoms with Gasteiger partial charge in [0.05, 0.1) is 5.56 Å². The SMILES string of the molecule is N#Cc1cc(N2CCCCCC2)ccc1N. The second-order valence-corrected chi connectivity index (χ2v) is 4.28. The van der Waals surface area contributed by atoms with Gasteiger partial charge in [0.25, 0.3) is 0 Å². The Bertz CT molecular complexity index is 398. The molecule has 0 radical (unpaired) electrons. The third-order valence-electron chi connectivity index (χ3n) is 3.13. The summed E-state index contributed by atoms with van der Waals surface area (Å²) in [5, 5.41) is 8.95. The number of hydrogen-bond acceptors (Lipinski definition) is 3. The highest BCUT2D eigenvalue weighted by Gasteiger charge is 2.11. The van der Waals surface area contributed by atoms with Crippen LogP contribution in [0.1, 0.15) is 31.2 Å². The summed E-state index contributed by atoms with van der Waals surface area (Å²) in [5.74, 6) is 0. The Labute approximate surface area is 96.5 Å². The molecular weight excluding hydrogens is 198 g/mol. The van der Waals surface area contributed by atoms with Crippen molar-refractivity contribution in [1.29, 1.82) is 5.26 Å². The average Bonchev–Trinajstić information content (AvgIpc) is 2.58. The molecule has 0 bridgehead atoms. The lowest BCUT2D eigenvalue weighted by Crippen LogP contribution is -2.23. The van der Waals surface area contributed by atoms with Gasteiger partial charge in [0, 0.05) is 24.5 Å². The molecule has 0 aliphatic carbocycles. The fourth-order valence-electron chi connectivity index (χ4n) is 2.17. The molecule has 0 saturated carbocycles. The molecule has 84 valence electrons. The van der Waals surface area contributed by atoms with Crippen LogP contribution in [0.3, 0.4) is 0 Å². The van der Waals surface area contributed by atoms with Crippen LogP contribution in [-0.4, -0.2) is 13.1 Å². The molecule has 0 amide bonds. The number of benzene rings is 1. The van der Waals surface area contributed by atoms with Crippen LogP contribution in [0.4, 0.5) is 11.4 Å². The molecule has 1 aliphatic heterocycles. The number of anilines is 2. The Morgan fingerprint density at radius 1 is 1.12 bits per heavy atom. The summed E-state index contributed by atoms with van der Waals surface area (Å²) in [6.07, 6.45) is 5.12. The predicted octanol–water partition coefficient (Wildman–Crippen LogP) is 2.52. The van der Waals surface area contributed by atoms with Crippen LogP contribution in [-0.2, 0) is 0 Å². The standard InChI is InChI=1S/C13H17N3/c14-10-11-9-12(5-6-13(11)15)16-7-3-1-2-4-8-16/h5-6,9H,1-4,7-8,15H2. The van der Waals surface area contributed by atoms with Gasteiger partial charge in [0.1, 0.15) is 6.07 Å². The zero-order valence-electron chi connectivity index (χ0n) is 9.45. The van der Waals surface area contributed by atoms with E-state index in [9.17, 15) is 0 Å². The van der Waals surface area contributed by atoms with Gasteiger partial charge in [-0.15, -0.1) is 0 Å². The minimum absolute atomic E-state index is 0.570. The summed E-state index contributed by atoms with van der Waals surface area (Å²) < 4.78 is 0. The molecule has 3 nitrogen and oxygen atoms in total. The molecule has 1 heterocycles. The Morgan fingerprint density at radius 2 is 1.81 bits per heavy atom. The minimum Gasteiger partial charge on any atom is -0.398 e. The minimum atomic E-state index is 0.570. The van der Waals surface area contributed by atoms with Crippen molar-refractivity contribution in [3.8, 4) is 6.07 Å². The summed E-state index contributed by atoms with van der Waals surface area (Å²) in [4.78, 5) is 2.35. The lowest BCUT2D eigenvalue weighted by molar-refractivity contribution is 0.726. The van der Waals surface area contributed by atoms with Gasteiger partial charge in [-0.05, 0) is 31.0 Å². The highest BCUT2D eigenvalue weighted by Crippen LogP contribution is 2.23. The molecule has 1 fully saturated rings.